The number of rotatable bonds is 5. The van der Waals surface area contributed by atoms with E-state index in [0.29, 0.717) is 5.71 Å². The molecule has 269 valence electrons. The summed E-state index contributed by atoms with van der Waals surface area (Å²) in [6, 6.07) is 29.6. The molecule has 1 aliphatic carbocycles. The van der Waals surface area contributed by atoms with Crippen molar-refractivity contribution < 1.29 is 24.5 Å². The quantitative estimate of drug-likeness (QED) is 0.128. The van der Waals surface area contributed by atoms with Crippen LogP contribution < -0.4 is 5.19 Å². The van der Waals surface area contributed by atoms with Gasteiger partial charge in [0.2, 0.25) is 5.71 Å². The standard InChI is InChI=1S/C24H25N2O.C21H28NSi.Ir/c1-23(2,3)15-12-13-25-19(14-15)18-9-7-8-16-17-10-11-20(24(4,5)6)26-22(17)27-21(16)18;1-23(2,3)21-16-22-20(18-12-8-5-9-13-18)15-19(21)14-17-10-6-4-7-11-17;/h7-8,10-14H,1-6H3;5,8-9,12,15-17H,4,6-7,10-11,14H2,1-3H3;/q2*-1;. The third-order valence-corrected chi connectivity index (χ3v) is 12.0. The zero-order valence-electron chi connectivity index (χ0n) is 31.9. The van der Waals surface area contributed by atoms with Crippen molar-refractivity contribution in [3.05, 3.63) is 108 Å². The maximum Gasteiger partial charge on any atom is 0.216 e. The van der Waals surface area contributed by atoms with E-state index in [2.05, 4.69) is 127 Å². The Balaban J connectivity index is 0.000000196. The van der Waals surface area contributed by atoms with Crippen LogP contribution in [0.15, 0.2) is 83.5 Å². The van der Waals surface area contributed by atoms with Crippen LogP contribution in [0.5, 0.6) is 0 Å². The summed E-state index contributed by atoms with van der Waals surface area (Å²) in [5.74, 6) is 0.869. The Bertz CT molecular complexity index is 2080. The number of aromatic nitrogens is 3. The van der Waals surface area contributed by atoms with Gasteiger partial charge in [0.15, 0.2) is 0 Å². The topological polar surface area (TPSA) is 51.8 Å². The largest absolute Gasteiger partial charge is 0.486 e. The van der Waals surface area contributed by atoms with Gasteiger partial charge in [-0.3, -0.25) is 0 Å². The molecular formula is C45H53IrN3OSi-2. The maximum atomic E-state index is 6.22. The number of furan rings is 1. The molecule has 51 heavy (non-hydrogen) atoms. The summed E-state index contributed by atoms with van der Waals surface area (Å²) in [7, 11) is -1.36. The first-order chi connectivity index (χ1) is 23.7. The van der Waals surface area contributed by atoms with Crippen molar-refractivity contribution in [3.8, 4) is 22.5 Å². The van der Waals surface area contributed by atoms with Gasteiger partial charge in [0, 0.05) is 49.0 Å². The van der Waals surface area contributed by atoms with E-state index in [-0.39, 0.29) is 30.9 Å². The van der Waals surface area contributed by atoms with Gasteiger partial charge in [0.05, 0.1) is 13.7 Å². The van der Waals surface area contributed by atoms with E-state index in [0.717, 1.165) is 50.5 Å². The van der Waals surface area contributed by atoms with Gasteiger partial charge in [-0.05, 0) is 58.1 Å². The molecule has 1 aliphatic rings. The molecular weight excluding hydrogens is 819 g/mol. The summed E-state index contributed by atoms with van der Waals surface area (Å²) in [4.78, 5) is 14.1. The van der Waals surface area contributed by atoms with E-state index in [1.54, 1.807) is 10.8 Å². The fourth-order valence-corrected chi connectivity index (χ4v) is 8.60. The van der Waals surface area contributed by atoms with E-state index in [9.17, 15) is 0 Å². The average Bonchev–Trinajstić information content (AvgIpc) is 3.47. The van der Waals surface area contributed by atoms with Crippen molar-refractivity contribution in [3.63, 3.8) is 0 Å². The van der Waals surface area contributed by atoms with Crippen molar-refractivity contribution in [2.24, 2.45) is 5.92 Å². The van der Waals surface area contributed by atoms with E-state index < -0.39 is 8.07 Å². The molecule has 0 bridgehead atoms. The molecule has 7 rings (SSSR count). The van der Waals surface area contributed by atoms with Crippen LogP contribution in [0.1, 0.15) is 90.5 Å². The summed E-state index contributed by atoms with van der Waals surface area (Å²) < 4.78 is 6.22. The van der Waals surface area contributed by atoms with Gasteiger partial charge in [-0.25, -0.2) is 4.98 Å². The summed E-state index contributed by atoms with van der Waals surface area (Å²) in [6.07, 6.45) is 12.3. The first-order valence-electron chi connectivity index (χ1n) is 18.4. The second kappa shape index (κ2) is 15.7. The van der Waals surface area contributed by atoms with E-state index >= 15 is 0 Å². The molecule has 4 heterocycles. The van der Waals surface area contributed by atoms with Crippen LogP contribution >= 0.6 is 0 Å². The summed E-state index contributed by atoms with van der Waals surface area (Å²) in [5.41, 5.74) is 9.27. The van der Waals surface area contributed by atoms with Gasteiger partial charge in [-0.2, -0.15) is 0 Å². The Labute approximate surface area is 320 Å². The fraction of sp³-hybridized carbons (Fsp3) is 0.400. The first kappa shape index (κ1) is 38.8. The molecule has 0 unspecified atom stereocenters. The molecule has 0 amide bonds. The molecule has 4 aromatic heterocycles. The number of fused-ring (bicyclic) bond motifs is 3. The molecule has 0 aliphatic heterocycles. The normalized spacial score (nSPS) is 14.2. The molecule has 2 aromatic carbocycles. The third kappa shape index (κ3) is 9.14. The molecule has 0 N–H and O–H groups in total. The average molecular weight is 872 g/mol. The van der Waals surface area contributed by atoms with Gasteiger partial charge >= 0.3 is 0 Å². The van der Waals surface area contributed by atoms with Crippen LogP contribution in [0, 0.1) is 18.1 Å². The van der Waals surface area contributed by atoms with Crippen molar-refractivity contribution >= 4 is 35.3 Å². The molecule has 6 heteroatoms. The number of hydrogen-bond donors (Lipinski definition) is 0. The van der Waals surface area contributed by atoms with Crippen molar-refractivity contribution in [1.29, 1.82) is 0 Å². The van der Waals surface area contributed by atoms with Crippen LogP contribution in [0.4, 0.5) is 0 Å². The summed E-state index contributed by atoms with van der Waals surface area (Å²) >= 11 is 0. The third-order valence-electron chi connectivity index (χ3n) is 9.97. The molecule has 4 nitrogen and oxygen atoms in total. The zero-order valence-corrected chi connectivity index (χ0v) is 35.3. The minimum absolute atomic E-state index is 0. The fourth-order valence-electron chi connectivity index (χ4n) is 7.01. The molecule has 1 fully saturated rings. The summed E-state index contributed by atoms with van der Waals surface area (Å²) in [5, 5.41) is 3.62. The van der Waals surface area contributed by atoms with E-state index in [1.807, 2.05) is 30.5 Å². The number of hydrogen-bond acceptors (Lipinski definition) is 4. The van der Waals surface area contributed by atoms with Gasteiger partial charge in [0.25, 0.3) is 0 Å². The predicted molar refractivity (Wildman–Crippen MR) is 213 cm³/mol. The molecule has 0 spiro atoms. The maximum absolute atomic E-state index is 6.22. The van der Waals surface area contributed by atoms with Gasteiger partial charge in [0.1, 0.15) is 0 Å². The molecule has 6 aromatic rings. The molecule has 1 saturated carbocycles. The minimum Gasteiger partial charge on any atom is -0.486 e. The monoisotopic (exact) mass is 872 g/mol. The number of benzene rings is 2. The van der Waals surface area contributed by atoms with Gasteiger partial charge in [-0.1, -0.05) is 122 Å². The SMILES string of the molecule is CC(C)(C)c1ccnc(-c2[c-]ccc3c2oc2nc(C(C)(C)C)ccc23)c1.C[Si](C)(C)c1cnc(-c2[c-]cccc2)cc1CC1CCCCC1.[Ir]. The van der Waals surface area contributed by atoms with Crippen molar-refractivity contribution in [1.82, 2.24) is 15.0 Å². The minimum atomic E-state index is -1.36. The Hall–Kier alpha value is -3.44. The number of nitrogens with zero attached hydrogens (tertiary/aromatic N) is 3. The van der Waals surface area contributed by atoms with Gasteiger partial charge in [-0.15, -0.1) is 54.1 Å². The van der Waals surface area contributed by atoms with Crippen LogP contribution in [0.3, 0.4) is 0 Å². The first-order valence-corrected chi connectivity index (χ1v) is 21.9. The smallest absolute Gasteiger partial charge is 0.216 e. The van der Waals surface area contributed by atoms with Crippen LogP contribution in [-0.2, 0) is 37.4 Å². The molecule has 1 radical (unpaired) electrons. The van der Waals surface area contributed by atoms with Crippen molar-refractivity contribution in [2.75, 3.05) is 0 Å². The molecule has 0 atom stereocenters. The van der Waals surface area contributed by atoms with E-state index in [1.165, 1.54) is 44.1 Å². The Morgan fingerprint density at radius 3 is 2.22 bits per heavy atom. The Kier molecular flexibility index (Phi) is 11.9. The second-order valence-corrected chi connectivity index (χ2v) is 22.2. The predicted octanol–water partition coefficient (Wildman–Crippen LogP) is 11.7. The number of pyridine rings is 3. The van der Waals surface area contributed by atoms with Gasteiger partial charge < -0.3 is 14.4 Å². The Morgan fingerprint density at radius 1 is 0.784 bits per heavy atom. The van der Waals surface area contributed by atoms with Crippen LogP contribution in [-0.4, -0.2) is 23.0 Å². The van der Waals surface area contributed by atoms with E-state index in [4.69, 9.17) is 14.4 Å². The molecule has 0 saturated heterocycles. The summed E-state index contributed by atoms with van der Waals surface area (Å²) in [6.45, 7) is 20.4. The zero-order chi connectivity index (χ0) is 35.7. The van der Waals surface area contributed by atoms with Crippen LogP contribution in [0.25, 0.3) is 44.6 Å². The Morgan fingerprint density at radius 2 is 1.55 bits per heavy atom. The van der Waals surface area contributed by atoms with Crippen molar-refractivity contribution in [2.45, 2.75) is 111 Å². The van der Waals surface area contributed by atoms with Crippen LogP contribution in [0.2, 0.25) is 19.6 Å². The second-order valence-electron chi connectivity index (χ2n) is 17.1.